The molecule has 6 heteroatoms. The van der Waals surface area contributed by atoms with Crippen molar-refractivity contribution in [3.05, 3.63) is 0 Å². The van der Waals surface area contributed by atoms with Crippen LogP contribution >= 0.6 is 0 Å². The molecule has 0 saturated heterocycles. The maximum atomic E-state index is 10.4. The van der Waals surface area contributed by atoms with Crippen molar-refractivity contribution in [2.75, 3.05) is 5.75 Å². The van der Waals surface area contributed by atoms with Crippen molar-refractivity contribution in [3.63, 3.8) is 0 Å². The van der Waals surface area contributed by atoms with Crippen LogP contribution in [-0.2, 0) is 10.1 Å². The molecule has 0 rings (SSSR count). The van der Waals surface area contributed by atoms with Crippen LogP contribution in [0.5, 0.6) is 0 Å². The van der Waals surface area contributed by atoms with Crippen LogP contribution in [-0.4, -0.2) is 29.9 Å². The van der Waals surface area contributed by atoms with E-state index in [1.165, 1.54) is 51.4 Å². The van der Waals surface area contributed by atoms with Crippen molar-refractivity contribution >= 4 is 10.1 Å². The average Bonchev–Trinajstić information content (AvgIpc) is 2.41. The molecule has 23 heavy (non-hydrogen) atoms. The van der Waals surface area contributed by atoms with E-state index in [0.717, 1.165) is 32.1 Å². The van der Waals surface area contributed by atoms with Crippen molar-refractivity contribution in [1.82, 2.24) is 0 Å². The SMILES string of the molecule is CC(O)CCCCCCCCCCCCCCCS(=O)(=O)[O-].[Na+]. The van der Waals surface area contributed by atoms with Gasteiger partial charge in [-0.15, -0.1) is 0 Å². The zero-order chi connectivity index (χ0) is 16.7. The first kappa shape index (κ1) is 26.1. The molecular formula is C17H35NaO4S. The molecule has 0 heterocycles. The zero-order valence-electron chi connectivity index (χ0n) is 15.3. The third-order valence-corrected chi connectivity index (χ3v) is 4.80. The Morgan fingerprint density at radius 2 is 1.04 bits per heavy atom. The van der Waals surface area contributed by atoms with Crippen molar-refractivity contribution in [3.8, 4) is 0 Å². The number of rotatable bonds is 16. The summed E-state index contributed by atoms with van der Waals surface area (Å²) in [7, 11) is -4.01. The second-order valence-corrected chi connectivity index (χ2v) is 8.02. The minimum atomic E-state index is -4.01. The fraction of sp³-hybridized carbons (Fsp3) is 1.00. The molecule has 1 N–H and O–H groups in total. The molecule has 0 aliphatic rings. The number of unbranched alkanes of at least 4 members (excludes halogenated alkanes) is 12. The Bertz CT molecular complexity index is 331. The maximum Gasteiger partial charge on any atom is 1.00 e. The van der Waals surface area contributed by atoms with Crippen molar-refractivity contribution < 1.29 is 47.6 Å². The molecule has 1 unspecified atom stereocenters. The molecule has 0 amide bonds. The molecule has 0 fully saturated rings. The molecule has 0 aromatic carbocycles. The molecule has 0 bridgehead atoms. The van der Waals surface area contributed by atoms with Gasteiger partial charge in [-0.05, 0) is 19.8 Å². The minimum absolute atomic E-state index is 0. The van der Waals surface area contributed by atoms with Gasteiger partial charge in [0.2, 0.25) is 0 Å². The average molecular weight is 359 g/mol. The molecule has 0 saturated carbocycles. The number of hydrogen-bond donors (Lipinski definition) is 1. The van der Waals surface area contributed by atoms with Crippen LogP contribution in [0.1, 0.15) is 96.8 Å². The largest absolute Gasteiger partial charge is 1.00 e. The second kappa shape index (κ2) is 17.7. The van der Waals surface area contributed by atoms with Gasteiger partial charge in [0.1, 0.15) is 0 Å². The molecular weight excluding hydrogens is 323 g/mol. The predicted molar refractivity (Wildman–Crippen MR) is 90.9 cm³/mol. The summed E-state index contributed by atoms with van der Waals surface area (Å²) < 4.78 is 31.2. The summed E-state index contributed by atoms with van der Waals surface area (Å²) in [6, 6.07) is 0. The van der Waals surface area contributed by atoms with E-state index in [4.69, 9.17) is 5.11 Å². The fourth-order valence-corrected chi connectivity index (χ4v) is 3.22. The van der Waals surface area contributed by atoms with Crippen LogP contribution in [0, 0.1) is 0 Å². The van der Waals surface area contributed by atoms with Crippen LogP contribution in [0.4, 0.5) is 0 Å². The summed E-state index contributed by atoms with van der Waals surface area (Å²) in [5.74, 6) is -0.204. The monoisotopic (exact) mass is 358 g/mol. The summed E-state index contributed by atoms with van der Waals surface area (Å²) in [6.45, 7) is 1.85. The Morgan fingerprint density at radius 1 is 0.739 bits per heavy atom. The summed E-state index contributed by atoms with van der Waals surface area (Å²) in [5.41, 5.74) is 0. The third kappa shape index (κ3) is 25.2. The smallest absolute Gasteiger partial charge is 0.748 e. The predicted octanol–water partition coefficient (Wildman–Crippen LogP) is 1.38. The molecule has 4 nitrogen and oxygen atoms in total. The van der Waals surface area contributed by atoms with Crippen LogP contribution in [0.2, 0.25) is 0 Å². The van der Waals surface area contributed by atoms with E-state index in [9.17, 15) is 13.0 Å². The molecule has 0 spiro atoms. The minimum Gasteiger partial charge on any atom is -0.748 e. The van der Waals surface area contributed by atoms with Gasteiger partial charge in [0, 0.05) is 5.75 Å². The van der Waals surface area contributed by atoms with Gasteiger partial charge >= 0.3 is 29.6 Å². The van der Waals surface area contributed by atoms with Crippen LogP contribution < -0.4 is 29.6 Å². The molecule has 0 aromatic heterocycles. The first-order chi connectivity index (χ1) is 10.4. The third-order valence-electron chi connectivity index (χ3n) is 4.02. The Hall–Kier alpha value is 0.870. The van der Waals surface area contributed by atoms with E-state index in [1.54, 1.807) is 0 Å². The van der Waals surface area contributed by atoms with Crippen LogP contribution in [0.25, 0.3) is 0 Å². The van der Waals surface area contributed by atoms with Gasteiger partial charge in [-0.2, -0.15) is 0 Å². The molecule has 0 aliphatic heterocycles. The van der Waals surface area contributed by atoms with E-state index in [1.807, 2.05) is 6.92 Å². The summed E-state index contributed by atoms with van der Waals surface area (Å²) in [4.78, 5) is 0. The topological polar surface area (TPSA) is 77.4 Å². The van der Waals surface area contributed by atoms with E-state index in [2.05, 4.69) is 0 Å². The van der Waals surface area contributed by atoms with E-state index < -0.39 is 10.1 Å². The van der Waals surface area contributed by atoms with Crippen LogP contribution in [0.15, 0.2) is 0 Å². The molecule has 0 aliphatic carbocycles. The second-order valence-electron chi connectivity index (χ2n) is 6.50. The Balaban J connectivity index is 0. The molecule has 1 atom stereocenters. The van der Waals surface area contributed by atoms with Crippen molar-refractivity contribution in [2.45, 2.75) is 103 Å². The first-order valence-corrected chi connectivity index (χ1v) is 10.6. The van der Waals surface area contributed by atoms with E-state index in [0.29, 0.717) is 6.42 Å². The first-order valence-electron chi connectivity index (χ1n) is 9.03. The fourth-order valence-electron chi connectivity index (χ4n) is 2.66. The number of aliphatic hydroxyl groups excluding tert-OH is 1. The summed E-state index contributed by atoms with van der Waals surface area (Å²) in [5, 5.41) is 9.14. The van der Waals surface area contributed by atoms with E-state index in [-0.39, 0.29) is 41.4 Å². The summed E-state index contributed by atoms with van der Waals surface area (Å²) >= 11 is 0. The van der Waals surface area contributed by atoms with Gasteiger partial charge in [0.05, 0.1) is 16.2 Å². The zero-order valence-corrected chi connectivity index (χ0v) is 18.1. The Morgan fingerprint density at radius 3 is 1.35 bits per heavy atom. The van der Waals surface area contributed by atoms with Crippen LogP contribution in [0.3, 0.4) is 0 Å². The normalized spacial score (nSPS) is 12.8. The van der Waals surface area contributed by atoms with Gasteiger partial charge in [0.15, 0.2) is 0 Å². The summed E-state index contributed by atoms with van der Waals surface area (Å²) in [6.07, 6.45) is 15.7. The van der Waals surface area contributed by atoms with Gasteiger partial charge in [-0.1, -0.05) is 77.0 Å². The standard InChI is InChI=1S/C17H36O4S.Na/c1-17(18)15-13-11-9-7-5-3-2-4-6-8-10-12-14-16-22(19,20)21;/h17-18H,2-16H2,1H3,(H,19,20,21);/q;+1/p-1. The van der Waals surface area contributed by atoms with Crippen molar-refractivity contribution in [2.24, 2.45) is 0 Å². The van der Waals surface area contributed by atoms with E-state index >= 15 is 0 Å². The van der Waals surface area contributed by atoms with Gasteiger partial charge < -0.3 is 9.66 Å². The quantitative estimate of drug-likeness (QED) is 0.257. The van der Waals surface area contributed by atoms with Gasteiger partial charge in [-0.3, -0.25) is 0 Å². The molecule has 134 valence electrons. The molecule has 0 radical (unpaired) electrons. The van der Waals surface area contributed by atoms with Crippen molar-refractivity contribution in [1.29, 1.82) is 0 Å². The number of hydrogen-bond acceptors (Lipinski definition) is 4. The number of aliphatic hydroxyl groups is 1. The Labute approximate surface area is 165 Å². The van der Waals surface area contributed by atoms with Gasteiger partial charge in [0.25, 0.3) is 0 Å². The molecule has 0 aromatic rings. The Kier molecular flexibility index (Phi) is 20.1. The van der Waals surface area contributed by atoms with Gasteiger partial charge in [-0.25, -0.2) is 8.42 Å². The maximum absolute atomic E-state index is 10.4.